The van der Waals surface area contributed by atoms with Gasteiger partial charge in [0.1, 0.15) is 0 Å². The fourth-order valence-corrected chi connectivity index (χ4v) is 3.30. The molecule has 0 spiro atoms. The Morgan fingerprint density at radius 2 is 2.33 bits per heavy atom. The van der Waals surface area contributed by atoms with Gasteiger partial charge in [-0.25, -0.2) is 4.98 Å². The number of aryl methyl sites for hydroxylation is 1. The predicted molar refractivity (Wildman–Crippen MR) is 83.6 cm³/mol. The number of aliphatic hydroxyl groups is 2. The summed E-state index contributed by atoms with van der Waals surface area (Å²) in [6.45, 7) is 7.52. The van der Waals surface area contributed by atoms with Gasteiger partial charge in [-0.05, 0) is 13.3 Å². The van der Waals surface area contributed by atoms with E-state index in [0.717, 1.165) is 18.5 Å². The summed E-state index contributed by atoms with van der Waals surface area (Å²) in [7, 11) is 0. The molecule has 1 saturated carbocycles. The molecule has 1 heterocycles. The summed E-state index contributed by atoms with van der Waals surface area (Å²) in [6, 6.07) is 0.266. The first-order valence-corrected chi connectivity index (χ1v) is 8.35. The zero-order chi connectivity index (χ0) is 15.5. The van der Waals surface area contributed by atoms with Crippen LogP contribution in [-0.4, -0.2) is 53.2 Å². The first-order valence-electron chi connectivity index (χ1n) is 7.47. The SMILES string of the molecule is Cc1ncsc1CCOCC(O)CNC1CC(O)C1(C)C. The van der Waals surface area contributed by atoms with E-state index >= 15 is 0 Å². The van der Waals surface area contributed by atoms with Crippen LogP contribution in [0.15, 0.2) is 5.51 Å². The second kappa shape index (κ2) is 7.15. The van der Waals surface area contributed by atoms with Crippen molar-refractivity contribution in [1.29, 1.82) is 0 Å². The first-order chi connectivity index (χ1) is 9.91. The number of rotatable bonds is 8. The van der Waals surface area contributed by atoms with Crippen molar-refractivity contribution >= 4 is 11.3 Å². The molecule has 0 amide bonds. The number of nitrogens with one attached hydrogen (secondary N) is 1. The van der Waals surface area contributed by atoms with Gasteiger partial charge in [0.15, 0.2) is 0 Å². The van der Waals surface area contributed by atoms with E-state index in [9.17, 15) is 10.2 Å². The second-order valence-electron chi connectivity index (χ2n) is 6.37. The maximum Gasteiger partial charge on any atom is 0.0897 e. The third kappa shape index (κ3) is 4.23. The smallest absolute Gasteiger partial charge is 0.0897 e. The molecule has 0 saturated heterocycles. The molecule has 0 radical (unpaired) electrons. The number of thiazole rings is 1. The third-order valence-corrected chi connectivity index (χ3v) is 5.44. The highest BCUT2D eigenvalue weighted by atomic mass is 32.1. The minimum Gasteiger partial charge on any atom is -0.392 e. The van der Waals surface area contributed by atoms with Gasteiger partial charge in [-0.1, -0.05) is 13.8 Å². The summed E-state index contributed by atoms with van der Waals surface area (Å²) in [6.07, 6.45) is 0.844. The second-order valence-corrected chi connectivity index (χ2v) is 7.31. The lowest BCUT2D eigenvalue weighted by atomic mass is 9.64. The van der Waals surface area contributed by atoms with Crippen LogP contribution in [0, 0.1) is 12.3 Å². The lowest BCUT2D eigenvalue weighted by Crippen LogP contribution is -2.61. The zero-order valence-corrected chi connectivity index (χ0v) is 13.8. The Balaban J connectivity index is 1.56. The Morgan fingerprint density at radius 1 is 1.57 bits per heavy atom. The number of aliphatic hydroxyl groups excluding tert-OH is 2. The molecule has 3 N–H and O–H groups in total. The monoisotopic (exact) mass is 314 g/mol. The van der Waals surface area contributed by atoms with E-state index in [1.54, 1.807) is 11.3 Å². The van der Waals surface area contributed by atoms with Crippen molar-refractivity contribution in [3.63, 3.8) is 0 Å². The van der Waals surface area contributed by atoms with Crippen molar-refractivity contribution in [2.75, 3.05) is 19.8 Å². The number of hydrogen-bond acceptors (Lipinski definition) is 6. The summed E-state index contributed by atoms with van der Waals surface area (Å²) >= 11 is 1.64. The molecule has 120 valence electrons. The van der Waals surface area contributed by atoms with Crippen molar-refractivity contribution in [2.45, 2.75) is 51.9 Å². The van der Waals surface area contributed by atoms with Gasteiger partial charge in [0.2, 0.25) is 0 Å². The van der Waals surface area contributed by atoms with Crippen molar-refractivity contribution < 1.29 is 14.9 Å². The molecular formula is C15H26N2O3S. The molecule has 0 aromatic carbocycles. The molecule has 5 nitrogen and oxygen atoms in total. The standard InChI is InChI=1S/C15H26N2O3S/c1-10-12(21-9-17-10)4-5-20-8-11(18)7-16-13-6-14(19)15(13,2)3/h9,11,13-14,16,18-19H,4-8H2,1-3H3. The average Bonchev–Trinajstić information content (AvgIpc) is 2.85. The van der Waals surface area contributed by atoms with Gasteiger partial charge in [0.25, 0.3) is 0 Å². The van der Waals surface area contributed by atoms with Crippen molar-refractivity contribution in [1.82, 2.24) is 10.3 Å². The number of hydrogen-bond donors (Lipinski definition) is 3. The minimum absolute atomic E-state index is 0.107. The number of ether oxygens (including phenoxy) is 1. The van der Waals surface area contributed by atoms with Gasteiger partial charge in [-0.2, -0.15) is 0 Å². The number of nitrogens with zero attached hydrogens (tertiary/aromatic N) is 1. The van der Waals surface area contributed by atoms with E-state index in [4.69, 9.17) is 4.74 Å². The Bertz CT molecular complexity index is 450. The molecule has 2 rings (SSSR count). The molecule has 0 bridgehead atoms. The summed E-state index contributed by atoms with van der Waals surface area (Å²) in [5, 5.41) is 22.9. The molecule has 3 unspecified atom stereocenters. The molecule has 0 aliphatic heterocycles. The average molecular weight is 314 g/mol. The minimum atomic E-state index is -0.513. The van der Waals surface area contributed by atoms with Gasteiger partial charge in [-0.15, -0.1) is 11.3 Å². The summed E-state index contributed by atoms with van der Waals surface area (Å²) in [4.78, 5) is 5.44. The summed E-state index contributed by atoms with van der Waals surface area (Å²) in [5.41, 5.74) is 2.80. The largest absolute Gasteiger partial charge is 0.392 e. The van der Waals surface area contributed by atoms with Crippen LogP contribution >= 0.6 is 11.3 Å². The Kier molecular flexibility index (Phi) is 5.73. The van der Waals surface area contributed by atoms with Gasteiger partial charge in [0.05, 0.1) is 36.6 Å². The predicted octanol–water partition coefficient (Wildman–Crippen LogP) is 1.12. The van der Waals surface area contributed by atoms with Gasteiger partial charge in [0, 0.05) is 29.3 Å². The van der Waals surface area contributed by atoms with Crippen LogP contribution in [0.1, 0.15) is 30.8 Å². The summed E-state index contributed by atoms with van der Waals surface area (Å²) < 4.78 is 5.52. The maximum atomic E-state index is 9.91. The van der Waals surface area contributed by atoms with Gasteiger partial charge < -0.3 is 20.3 Å². The lowest BCUT2D eigenvalue weighted by molar-refractivity contribution is -0.0766. The van der Waals surface area contributed by atoms with E-state index < -0.39 is 6.10 Å². The first kappa shape index (κ1) is 16.8. The van der Waals surface area contributed by atoms with Crippen molar-refractivity contribution in [3.05, 3.63) is 16.1 Å². The van der Waals surface area contributed by atoms with Crippen LogP contribution in [0.25, 0.3) is 0 Å². The van der Waals surface area contributed by atoms with Crippen LogP contribution in [0.3, 0.4) is 0 Å². The van der Waals surface area contributed by atoms with Crippen LogP contribution in [-0.2, 0) is 11.2 Å². The van der Waals surface area contributed by atoms with E-state index in [-0.39, 0.29) is 17.6 Å². The van der Waals surface area contributed by atoms with E-state index in [0.29, 0.717) is 19.8 Å². The fourth-order valence-electron chi connectivity index (χ4n) is 2.54. The van der Waals surface area contributed by atoms with Crippen molar-refractivity contribution in [3.8, 4) is 0 Å². The van der Waals surface area contributed by atoms with Crippen molar-refractivity contribution in [2.24, 2.45) is 5.41 Å². The lowest BCUT2D eigenvalue weighted by Gasteiger charge is -2.49. The molecule has 1 aromatic heterocycles. The van der Waals surface area contributed by atoms with Crippen LogP contribution in [0.5, 0.6) is 0 Å². The molecule has 1 aromatic rings. The zero-order valence-electron chi connectivity index (χ0n) is 13.0. The molecule has 1 aliphatic rings. The van der Waals surface area contributed by atoms with Crippen LogP contribution < -0.4 is 5.32 Å². The summed E-state index contributed by atoms with van der Waals surface area (Å²) in [5.74, 6) is 0. The van der Waals surface area contributed by atoms with E-state index in [1.165, 1.54) is 4.88 Å². The Hall–Kier alpha value is -0.530. The third-order valence-electron chi connectivity index (χ3n) is 4.44. The van der Waals surface area contributed by atoms with Gasteiger partial charge in [-0.3, -0.25) is 0 Å². The normalized spacial score (nSPS) is 25.6. The van der Waals surface area contributed by atoms with Crippen LogP contribution in [0.2, 0.25) is 0 Å². The molecular weight excluding hydrogens is 288 g/mol. The van der Waals surface area contributed by atoms with Gasteiger partial charge >= 0.3 is 0 Å². The molecule has 21 heavy (non-hydrogen) atoms. The highest BCUT2D eigenvalue weighted by Gasteiger charge is 2.46. The maximum absolute atomic E-state index is 9.91. The quantitative estimate of drug-likeness (QED) is 0.627. The molecule has 1 fully saturated rings. The number of aromatic nitrogens is 1. The van der Waals surface area contributed by atoms with E-state index in [1.807, 2.05) is 26.3 Å². The fraction of sp³-hybridized carbons (Fsp3) is 0.800. The van der Waals surface area contributed by atoms with E-state index in [2.05, 4.69) is 10.3 Å². The molecule has 1 aliphatic carbocycles. The molecule has 6 heteroatoms. The highest BCUT2D eigenvalue weighted by Crippen LogP contribution is 2.40. The van der Waals surface area contributed by atoms with Crippen LogP contribution in [0.4, 0.5) is 0 Å². The Morgan fingerprint density at radius 3 is 2.90 bits per heavy atom. The molecule has 3 atom stereocenters. The Labute approximate surface area is 130 Å². The highest BCUT2D eigenvalue weighted by molar-refractivity contribution is 7.09. The topological polar surface area (TPSA) is 74.6 Å².